The van der Waals surface area contributed by atoms with Crippen LogP contribution in [0, 0.1) is 50.7 Å². The largest absolute Gasteiger partial charge is 0.461 e. The summed E-state index contributed by atoms with van der Waals surface area (Å²) in [6.07, 6.45) is 6.29. The Bertz CT molecular complexity index is 4830. The molecule has 15 rings (SSSR count). The van der Waals surface area contributed by atoms with Crippen molar-refractivity contribution in [1.82, 2.24) is 5.32 Å². The lowest BCUT2D eigenvalue weighted by atomic mass is 9.43. The normalized spacial score (nSPS) is 33.2. The van der Waals surface area contributed by atoms with Crippen molar-refractivity contribution in [2.24, 2.45) is 50.7 Å². The third kappa shape index (κ3) is 25.1. The number of unbranched alkanes of at least 4 members (excludes halogenated alkanes) is 7. The first-order valence-electron chi connectivity index (χ1n) is 54.5. The van der Waals surface area contributed by atoms with E-state index in [0.29, 0.717) is 38.2 Å². The van der Waals surface area contributed by atoms with Gasteiger partial charge in [0.05, 0.1) is 81.4 Å². The summed E-state index contributed by atoms with van der Waals surface area (Å²) in [7, 11) is -4.71. The van der Waals surface area contributed by atoms with Gasteiger partial charge in [-0.15, -0.1) is 0 Å². The van der Waals surface area contributed by atoms with Crippen LogP contribution in [-0.2, 0) is 134 Å². The van der Waals surface area contributed by atoms with Crippen LogP contribution < -0.4 is 5.32 Å². The number of aldehydes is 1. The summed E-state index contributed by atoms with van der Waals surface area (Å²) in [6.45, 7) is 35.5. The number of ether oxygens (including phenoxy) is 14. The van der Waals surface area contributed by atoms with Gasteiger partial charge in [0.1, 0.15) is 67.8 Å². The fourth-order valence-corrected chi connectivity index (χ4v) is 32.2. The molecule has 25 atom stereocenters. The number of carbonyl (C=O) groups excluding carboxylic acids is 4. The molecule has 23 heteroatoms. The molecule has 0 aromatic heterocycles. The third-order valence-corrected chi connectivity index (χ3v) is 44.6. The molecule has 5 aliphatic heterocycles. The highest BCUT2D eigenvalue weighted by Crippen LogP contribution is 2.69. The van der Waals surface area contributed by atoms with Crippen LogP contribution in [-0.4, -0.2) is 163 Å². The zero-order valence-electron chi connectivity index (χ0n) is 87.6. The molecule has 21 nitrogen and oxygen atoms in total. The van der Waals surface area contributed by atoms with Gasteiger partial charge in [0.25, 0.3) is 5.79 Å². The molecule has 0 radical (unpaired) electrons. The number of hydrogen-bond acceptors (Lipinski definition) is 20. The number of hydrogen-bond donors (Lipinski definition) is 1. The predicted octanol–water partition coefficient (Wildman–Crippen LogP) is 24.4. The fraction of sp³-hybridized carbons (Fsp3) is 0.661. The van der Waals surface area contributed by atoms with E-state index in [-0.39, 0.29) is 105 Å². The summed E-state index contributed by atoms with van der Waals surface area (Å²) >= 11 is 0. The first-order chi connectivity index (χ1) is 68.1. The van der Waals surface area contributed by atoms with E-state index in [0.717, 1.165) is 179 Å². The van der Waals surface area contributed by atoms with Gasteiger partial charge in [-0.25, -0.2) is 0 Å². The number of nitrogens with one attached hydrogen (secondary N) is 1. The van der Waals surface area contributed by atoms with Crippen molar-refractivity contribution in [3.8, 4) is 0 Å². The van der Waals surface area contributed by atoms with Gasteiger partial charge in [0.2, 0.25) is 5.91 Å². The smallest absolute Gasteiger partial charge is 0.317 e. The summed E-state index contributed by atoms with van der Waals surface area (Å²) in [5, 5.41) is 3.52. The van der Waals surface area contributed by atoms with Gasteiger partial charge in [-0.05, 0) is 207 Å². The number of fused-ring (bicyclic) bond motifs is 4. The molecule has 6 aromatic carbocycles. The van der Waals surface area contributed by atoms with Crippen molar-refractivity contribution in [1.29, 1.82) is 0 Å². The lowest BCUT2D eigenvalue weighted by molar-refractivity contribution is -0.472. The Kier molecular flexibility index (Phi) is 37.7. The standard InChI is InChI=1S/C118H169NO20Si2/c1-16-114(13)73-97(139-141(20-5,21-6)22-7)117(71-70-112(9,10)72-92(117)91(114)67-66-90-62-49-63-95-115(90,14)69-68-96(116(95,15)82-120)138-140(17-2,18-3)19-4)111(123)137-118(108-106-104(134-113(11,12)135-106)101(83(8)131-108)133-110-107(129-79-89-60-45-34-46-61-89)102(127-77-87-56-41-32-42-57-87)94(81-130-110)125-75-85-52-37-30-38-53-85)109-105(136-118)103(128-78-88-58-43-33-44-59-88)100(93(132-109)80-124-74-84-50-35-29-36-51-84)119-98(121)64-47-27-25-23-24-26-28-48-65-99(122)126-76-86-54-39-31-40-55-86/h29-46,50-61,82-83,90-97,100-110H,16-28,47-49,62-81H2,1-15H3,(H,119,121)/t83-,90?,91?,92?,93-,94-,95-,96+,97+,100+,101+,102?,103?,104?,105?,106?,107?,108-,109-,110+,114-,115?,116-,117-,118?/m1/s1. The second-order valence-corrected chi connectivity index (χ2v) is 54.4. The summed E-state index contributed by atoms with van der Waals surface area (Å²) < 4.78 is 119. The molecular weight excluding hydrogens is 1810 g/mol. The Morgan fingerprint density at radius 3 is 1.53 bits per heavy atom. The summed E-state index contributed by atoms with van der Waals surface area (Å²) in [4.78, 5) is 60.8. The maximum atomic E-state index is 18.6. The van der Waals surface area contributed by atoms with Crippen molar-refractivity contribution in [2.45, 2.75) is 430 Å². The van der Waals surface area contributed by atoms with Crippen molar-refractivity contribution in [3.05, 3.63) is 215 Å². The predicted molar refractivity (Wildman–Crippen MR) is 551 cm³/mol. The van der Waals surface area contributed by atoms with Crippen LogP contribution >= 0.6 is 0 Å². The lowest BCUT2D eigenvalue weighted by Crippen LogP contribution is -2.84. The Morgan fingerprint density at radius 2 is 0.986 bits per heavy atom. The van der Waals surface area contributed by atoms with Crippen LogP contribution in [0.4, 0.5) is 0 Å². The number of carbonyl (C=O) groups is 4. The number of rotatable bonds is 50. The maximum absolute atomic E-state index is 18.6. The van der Waals surface area contributed by atoms with E-state index in [1.807, 2.05) is 203 Å². The average Bonchev–Trinajstić information content (AvgIpc) is 1.64. The van der Waals surface area contributed by atoms with Crippen molar-refractivity contribution in [3.63, 3.8) is 0 Å². The van der Waals surface area contributed by atoms with E-state index in [1.165, 1.54) is 6.29 Å². The molecule has 11 unspecified atom stereocenters. The Hall–Kier alpha value is -6.73. The van der Waals surface area contributed by atoms with Gasteiger partial charge >= 0.3 is 11.9 Å². The summed E-state index contributed by atoms with van der Waals surface area (Å²) in [5.74, 6) is -3.91. The molecule has 9 fully saturated rings. The van der Waals surface area contributed by atoms with Gasteiger partial charge in [-0.2, -0.15) is 0 Å². The Morgan fingerprint density at radius 1 is 0.489 bits per heavy atom. The summed E-state index contributed by atoms with van der Waals surface area (Å²) in [6, 6.07) is 65.0. The van der Waals surface area contributed by atoms with Crippen molar-refractivity contribution < 1.29 is 94.3 Å². The molecule has 9 aliphatic rings. The molecule has 5 saturated heterocycles. The third-order valence-electron chi connectivity index (χ3n) is 35.3. The number of benzene rings is 6. The van der Waals surface area contributed by atoms with Gasteiger partial charge in [-0.3, -0.25) is 14.4 Å². The minimum absolute atomic E-state index is 0.0127. The van der Waals surface area contributed by atoms with E-state index >= 15 is 9.59 Å². The van der Waals surface area contributed by atoms with Crippen LogP contribution in [0.5, 0.6) is 0 Å². The van der Waals surface area contributed by atoms with Crippen LogP contribution in [0.2, 0.25) is 36.3 Å². The first-order valence-corrected chi connectivity index (χ1v) is 59.5. The fourth-order valence-electron chi connectivity index (χ4n) is 26.3. The highest BCUT2D eigenvalue weighted by molar-refractivity contribution is 6.74. The van der Waals surface area contributed by atoms with E-state index in [2.05, 4.69) is 88.4 Å². The average molecular weight is 1980 g/mol. The molecule has 4 saturated carbocycles. The first kappa shape index (κ1) is 108. The zero-order valence-corrected chi connectivity index (χ0v) is 89.6. The monoisotopic (exact) mass is 1980 g/mol. The van der Waals surface area contributed by atoms with Gasteiger partial charge < -0.3 is 85.3 Å². The SMILES string of the molecule is CC[C@]1(C)C[C@H](O[Si](CC)(CC)CC)[C@@]2(C(=O)OC3([C@@H]4O[C@H](C)[C@H](O[C@@H]5OC[C@@H](OCc6ccccc6)C(OCc6ccccc6)C5OCc5ccccc5)C5OC(C)(C)OC54)OC4C(OCc5ccccc5)[C@@H](NC(=O)CCCCCCCCCCC(=O)OCc5ccccc5)[C@@H](COCc5ccccc5)O[C@H]43)CCC(C)(C)CC2C1CCC1CCC[C@@H]2C1(C)CC[C@H](O[Si](CC)(CC)CC)[C@]2(C)C=O. The highest BCUT2D eigenvalue weighted by atomic mass is 28.4. The molecule has 5 heterocycles. The topological polar surface area (TPSA) is 228 Å². The van der Waals surface area contributed by atoms with Crippen LogP contribution in [0.15, 0.2) is 182 Å². The van der Waals surface area contributed by atoms with Gasteiger partial charge in [0, 0.05) is 12.8 Å². The number of amides is 1. The molecular formula is C118H169NO20Si2. The zero-order chi connectivity index (χ0) is 99.6. The summed E-state index contributed by atoms with van der Waals surface area (Å²) in [5.41, 5.74) is 3.28. The molecule has 0 spiro atoms. The molecule has 1 amide bonds. The lowest BCUT2D eigenvalue weighted by Gasteiger charge is -2.66. The van der Waals surface area contributed by atoms with E-state index in [9.17, 15) is 9.59 Å². The van der Waals surface area contributed by atoms with Crippen LogP contribution in [0.1, 0.15) is 278 Å². The minimum atomic E-state index is -2.62. The Labute approximate surface area is 845 Å². The molecule has 1 N–H and O–H groups in total. The van der Waals surface area contributed by atoms with Gasteiger partial charge in [0.15, 0.2) is 40.9 Å². The molecule has 774 valence electrons. The van der Waals surface area contributed by atoms with Gasteiger partial charge in [-0.1, -0.05) is 316 Å². The molecule has 6 aromatic rings. The quantitative estimate of drug-likeness (QED) is 0.0162. The second-order valence-electron chi connectivity index (χ2n) is 44.9. The number of esters is 2. The van der Waals surface area contributed by atoms with E-state index < -0.39 is 137 Å². The molecule has 0 bridgehead atoms. The van der Waals surface area contributed by atoms with Crippen molar-refractivity contribution >= 4 is 40.8 Å². The van der Waals surface area contributed by atoms with Crippen molar-refractivity contribution in [2.75, 3.05) is 13.2 Å². The van der Waals surface area contributed by atoms with Crippen LogP contribution in [0.25, 0.3) is 0 Å². The highest BCUT2D eigenvalue weighted by Gasteiger charge is 2.78. The van der Waals surface area contributed by atoms with Crippen LogP contribution in [0.3, 0.4) is 0 Å². The molecule has 141 heavy (non-hydrogen) atoms. The Balaban J connectivity index is 0.799. The van der Waals surface area contributed by atoms with E-state index in [1.54, 1.807) is 0 Å². The second kappa shape index (κ2) is 48.9. The maximum Gasteiger partial charge on any atom is 0.317 e. The minimum Gasteiger partial charge on any atom is -0.461 e. The van der Waals surface area contributed by atoms with E-state index in [4.69, 9.17) is 75.2 Å². The molecule has 4 aliphatic carbocycles.